The van der Waals surface area contributed by atoms with Crippen molar-refractivity contribution in [1.29, 1.82) is 0 Å². The van der Waals surface area contributed by atoms with Gasteiger partial charge in [-0.3, -0.25) is 0 Å². The first-order valence-electron chi connectivity index (χ1n) is 10.2. The fourth-order valence-electron chi connectivity index (χ4n) is 3.47. The molecule has 0 bridgehead atoms. The Morgan fingerprint density at radius 3 is 2.83 bits per heavy atom. The minimum absolute atomic E-state index is 0.111. The van der Waals surface area contributed by atoms with Crippen molar-refractivity contribution in [2.75, 3.05) is 19.7 Å². The molecular weight excluding hydrogens is 380 g/mol. The number of para-hydroxylation sites is 2. The maximum Gasteiger partial charge on any atom is 0.317 e. The highest BCUT2D eigenvalue weighted by atomic mass is 16.6. The second-order valence-corrected chi connectivity index (χ2v) is 7.25. The summed E-state index contributed by atoms with van der Waals surface area (Å²) in [4.78, 5) is 18.5. The Morgan fingerprint density at radius 2 is 2.03 bits per heavy atom. The second-order valence-electron chi connectivity index (χ2n) is 7.25. The number of fused-ring (bicyclic) bond motifs is 1. The number of nitrogens with one attached hydrogen (secondary N) is 1. The molecule has 0 fully saturated rings. The highest BCUT2D eigenvalue weighted by Crippen LogP contribution is 2.31. The van der Waals surface area contributed by atoms with Gasteiger partial charge in [0.2, 0.25) is 0 Å². The van der Waals surface area contributed by atoms with E-state index in [1.165, 1.54) is 5.56 Å². The van der Waals surface area contributed by atoms with Crippen LogP contribution in [0.4, 0.5) is 4.79 Å². The molecule has 2 heterocycles. The van der Waals surface area contributed by atoms with Crippen molar-refractivity contribution in [1.82, 2.24) is 19.8 Å². The van der Waals surface area contributed by atoms with Gasteiger partial charge in [0, 0.05) is 32.0 Å². The molecule has 3 aromatic rings. The van der Waals surface area contributed by atoms with Gasteiger partial charge in [-0.25, -0.2) is 9.78 Å². The number of aromatic nitrogens is 2. The highest BCUT2D eigenvalue weighted by Gasteiger charge is 2.24. The zero-order valence-electron chi connectivity index (χ0n) is 17.0. The van der Waals surface area contributed by atoms with E-state index < -0.39 is 0 Å². The van der Waals surface area contributed by atoms with Gasteiger partial charge in [0.1, 0.15) is 6.61 Å². The van der Waals surface area contributed by atoms with Gasteiger partial charge in [0.25, 0.3) is 0 Å². The zero-order valence-corrected chi connectivity index (χ0v) is 17.0. The largest absolute Gasteiger partial charge is 0.486 e. The van der Waals surface area contributed by atoms with Crippen LogP contribution in [0, 0.1) is 0 Å². The van der Waals surface area contributed by atoms with Gasteiger partial charge in [-0.2, -0.15) is 0 Å². The van der Waals surface area contributed by atoms with Crippen LogP contribution in [0.3, 0.4) is 0 Å². The number of hydrogen-bond acceptors (Lipinski definition) is 4. The number of carbonyl (C=O) groups excluding carboxylic acids is 1. The van der Waals surface area contributed by atoms with Crippen molar-refractivity contribution in [3.63, 3.8) is 0 Å². The number of amides is 2. The predicted octanol–water partition coefficient (Wildman–Crippen LogP) is 3.30. The Labute approximate surface area is 176 Å². The average Bonchev–Trinajstić information content (AvgIpc) is 3.29. The van der Waals surface area contributed by atoms with E-state index in [2.05, 4.69) is 22.4 Å². The third kappa shape index (κ3) is 4.92. The van der Waals surface area contributed by atoms with Gasteiger partial charge >= 0.3 is 6.03 Å². The Kier molecular flexibility index (Phi) is 6.17. The lowest BCUT2D eigenvalue weighted by Crippen LogP contribution is -2.47. The summed E-state index contributed by atoms with van der Waals surface area (Å²) in [6.45, 7) is 4.67. The fraction of sp³-hybridized carbons (Fsp3) is 0.304. The summed E-state index contributed by atoms with van der Waals surface area (Å²) < 4.78 is 13.8. The van der Waals surface area contributed by atoms with Crippen molar-refractivity contribution in [2.24, 2.45) is 0 Å². The normalized spacial score (nSPS) is 14.9. The van der Waals surface area contributed by atoms with E-state index in [1.54, 1.807) is 17.4 Å². The molecule has 1 aliphatic heterocycles. The quantitative estimate of drug-likeness (QED) is 0.654. The monoisotopic (exact) mass is 406 g/mol. The lowest BCUT2D eigenvalue weighted by atomic mass is 10.1. The molecule has 1 atom stereocenters. The van der Waals surface area contributed by atoms with Crippen LogP contribution >= 0.6 is 0 Å². The maximum absolute atomic E-state index is 12.7. The molecular formula is C23H26N4O3. The summed E-state index contributed by atoms with van der Waals surface area (Å²) >= 11 is 0. The van der Waals surface area contributed by atoms with Gasteiger partial charge in [0.05, 0.1) is 12.9 Å². The minimum atomic E-state index is -0.191. The number of urea groups is 1. The van der Waals surface area contributed by atoms with Crippen molar-refractivity contribution < 1.29 is 14.3 Å². The Hall–Kier alpha value is -3.48. The van der Waals surface area contributed by atoms with E-state index in [9.17, 15) is 4.79 Å². The van der Waals surface area contributed by atoms with Gasteiger partial charge in [-0.15, -0.1) is 0 Å². The number of ether oxygens (including phenoxy) is 2. The number of nitrogens with zero attached hydrogens (tertiary/aromatic N) is 3. The molecule has 0 spiro atoms. The predicted molar refractivity (Wildman–Crippen MR) is 114 cm³/mol. The maximum atomic E-state index is 12.7. The number of likely N-dealkylation sites (N-methyl/N-ethyl adjacent to an activating group) is 1. The van der Waals surface area contributed by atoms with E-state index >= 15 is 0 Å². The van der Waals surface area contributed by atoms with Crippen molar-refractivity contribution >= 4 is 6.03 Å². The van der Waals surface area contributed by atoms with Crippen LogP contribution in [-0.2, 0) is 13.1 Å². The smallest absolute Gasteiger partial charge is 0.317 e. The zero-order chi connectivity index (χ0) is 20.8. The molecule has 1 aromatic heterocycles. The van der Waals surface area contributed by atoms with E-state index in [0.717, 1.165) is 23.6 Å². The average molecular weight is 406 g/mol. The van der Waals surface area contributed by atoms with Gasteiger partial charge in [-0.1, -0.05) is 36.4 Å². The lowest BCUT2D eigenvalue weighted by molar-refractivity contribution is 0.0675. The molecule has 1 N–H and O–H groups in total. The van der Waals surface area contributed by atoms with Gasteiger partial charge in [0.15, 0.2) is 17.6 Å². The van der Waals surface area contributed by atoms with E-state index in [4.69, 9.17) is 9.47 Å². The summed E-state index contributed by atoms with van der Waals surface area (Å²) in [7, 11) is 0. The number of imidazole rings is 1. The van der Waals surface area contributed by atoms with Gasteiger partial charge in [-0.05, 0) is 30.2 Å². The number of rotatable bonds is 7. The van der Waals surface area contributed by atoms with Crippen LogP contribution in [0.1, 0.15) is 18.1 Å². The molecule has 2 aromatic carbocycles. The molecule has 1 aliphatic rings. The van der Waals surface area contributed by atoms with Crippen molar-refractivity contribution in [3.05, 3.63) is 78.4 Å². The molecule has 0 aliphatic carbocycles. The van der Waals surface area contributed by atoms with Crippen LogP contribution < -0.4 is 14.8 Å². The molecule has 30 heavy (non-hydrogen) atoms. The summed E-state index contributed by atoms with van der Waals surface area (Å²) in [5.74, 6) is 1.47. The van der Waals surface area contributed by atoms with Crippen molar-refractivity contribution in [3.8, 4) is 11.5 Å². The molecule has 1 unspecified atom stereocenters. The SMILES string of the molecule is CCN(CC1COc2ccccc2O1)C(=O)NCc1cccc(Cn2ccnc2)c1. The second kappa shape index (κ2) is 9.35. The first-order valence-corrected chi connectivity index (χ1v) is 10.2. The van der Waals surface area contributed by atoms with Crippen molar-refractivity contribution in [2.45, 2.75) is 26.1 Å². The Bertz CT molecular complexity index is 974. The topological polar surface area (TPSA) is 68.6 Å². The minimum Gasteiger partial charge on any atom is -0.486 e. The number of carbonyl (C=O) groups is 1. The van der Waals surface area contributed by atoms with Crippen LogP contribution in [0.2, 0.25) is 0 Å². The van der Waals surface area contributed by atoms with Gasteiger partial charge < -0.3 is 24.3 Å². The lowest BCUT2D eigenvalue weighted by Gasteiger charge is -2.31. The van der Waals surface area contributed by atoms with E-state index in [-0.39, 0.29) is 12.1 Å². The summed E-state index contributed by atoms with van der Waals surface area (Å²) in [6.07, 6.45) is 5.30. The van der Waals surface area contributed by atoms with Crippen LogP contribution in [0.5, 0.6) is 11.5 Å². The van der Waals surface area contributed by atoms with Crippen LogP contribution in [0.15, 0.2) is 67.3 Å². The summed E-state index contributed by atoms with van der Waals surface area (Å²) in [6, 6.07) is 15.7. The third-order valence-electron chi connectivity index (χ3n) is 5.02. The number of benzene rings is 2. The molecule has 156 valence electrons. The third-order valence-corrected chi connectivity index (χ3v) is 5.02. The first kappa shape index (κ1) is 19.8. The van der Waals surface area contributed by atoms with E-state index in [0.29, 0.717) is 26.2 Å². The highest BCUT2D eigenvalue weighted by molar-refractivity contribution is 5.74. The Balaban J connectivity index is 1.30. The molecule has 2 amide bonds. The fourth-order valence-corrected chi connectivity index (χ4v) is 3.47. The van der Waals surface area contributed by atoms with E-state index in [1.807, 2.05) is 54.1 Å². The molecule has 0 saturated heterocycles. The molecule has 0 radical (unpaired) electrons. The molecule has 7 nitrogen and oxygen atoms in total. The molecule has 7 heteroatoms. The summed E-state index contributed by atoms with van der Waals surface area (Å²) in [5.41, 5.74) is 2.22. The first-order chi connectivity index (χ1) is 14.7. The van der Waals surface area contributed by atoms with Crippen LogP contribution in [-0.4, -0.2) is 46.3 Å². The van der Waals surface area contributed by atoms with Crippen LogP contribution in [0.25, 0.3) is 0 Å². The number of hydrogen-bond donors (Lipinski definition) is 1. The molecule has 4 rings (SSSR count). The molecule has 0 saturated carbocycles. The Morgan fingerprint density at radius 1 is 1.20 bits per heavy atom. The standard InChI is InChI=1S/C23H26N4O3/c1-2-27(15-20-16-29-21-8-3-4-9-22(21)30-20)23(28)25-13-18-6-5-7-19(12-18)14-26-11-10-24-17-26/h3-12,17,20H,2,13-16H2,1H3,(H,25,28). The summed E-state index contributed by atoms with van der Waals surface area (Å²) in [5, 5.41) is 3.02.